The van der Waals surface area contributed by atoms with E-state index in [1.54, 1.807) is 6.92 Å². The van der Waals surface area contributed by atoms with Gasteiger partial charge in [-0.25, -0.2) is 0 Å². The second-order valence-corrected chi connectivity index (χ2v) is 4.38. The van der Waals surface area contributed by atoms with Crippen LogP contribution >= 0.6 is 0 Å². The fourth-order valence-electron chi connectivity index (χ4n) is 1.47. The van der Waals surface area contributed by atoms with Crippen LogP contribution in [-0.4, -0.2) is 29.9 Å². The topological polar surface area (TPSA) is 111 Å². The van der Waals surface area contributed by atoms with Crippen molar-refractivity contribution >= 4 is 23.2 Å². The van der Waals surface area contributed by atoms with Gasteiger partial charge in [-0.3, -0.25) is 19.7 Å². The van der Waals surface area contributed by atoms with Crippen LogP contribution in [0, 0.1) is 10.1 Å². The molecule has 1 unspecified atom stereocenters. The van der Waals surface area contributed by atoms with E-state index in [4.69, 9.17) is 4.74 Å². The maximum absolute atomic E-state index is 11.7. The highest BCUT2D eigenvalue weighted by Crippen LogP contribution is 2.28. The van der Waals surface area contributed by atoms with Crippen molar-refractivity contribution in [1.29, 1.82) is 0 Å². The Labute approximate surface area is 121 Å². The summed E-state index contributed by atoms with van der Waals surface area (Å²) in [5.74, 6) is -1.53. The van der Waals surface area contributed by atoms with Crippen molar-refractivity contribution in [3.05, 3.63) is 28.3 Å². The quantitative estimate of drug-likeness (QED) is 0.485. The number of benzene rings is 1. The molecule has 0 aliphatic rings. The number of nitrogens with zero attached hydrogens (tertiary/aromatic N) is 1. The van der Waals surface area contributed by atoms with E-state index in [0.29, 0.717) is 6.42 Å². The lowest BCUT2D eigenvalue weighted by atomic mass is 10.2. The molecule has 8 heteroatoms. The molecule has 1 atom stereocenters. The molecule has 0 radical (unpaired) electrons. The van der Waals surface area contributed by atoms with Crippen molar-refractivity contribution in [2.24, 2.45) is 0 Å². The first kappa shape index (κ1) is 16.4. The van der Waals surface area contributed by atoms with Gasteiger partial charge in [-0.05, 0) is 19.4 Å². The van der Waals surface area contributed by atoms with Gasteiger partial charge in [0, 0.05) is 12.1 Å². The van der Waals surface area contributed by atoms with E-state index in [2.05, 4.69) is 10.6 Å². The highest BCUT2D eigenvalue weighted by molar-refractivity contribution is 6.39. The second-order valence-electron chi connectivity index (χ2n) is 4.38. The number of anilines is 1. The largest absolute Gasteiger partial charge is 0.494 e. The van der Waals surface area contributed by atoms with Gasteiger partial charge in [0.25, 0.3) is 5.69 Å². The Bertz CT molecular complexity index is 559. The van der Waals surface area contributed by atoms with Crippen LogP contribution < -0.4 is 15.4 Å². The predicted octanol–water partition coefficient (Wildman–Crippen LogP) is 1.46. The summed E-state index contributed by atoms with van der Waals surface area (Å²) in [6.45, 7) is 3.65. The molecule has 0 spiro atoms. The van der Waals surface area contributed by atoms with Crippen molar-refractivity contribution in [3.63, 3.8) is 0 Å². The minimum Gasteiger partial charge on any atom is -0.494 e. The van der Waals surface area contributed by atoms with Crippen LogP contribution in [0.5, 0.6) is 5.75 Å². The Hall–Kier alpha value is -2.64. The van der Waals surface area contributed by atoms with Gasteiger partial charge in [0.2, 0.25) is 0 Å². The number of carbonyl (C=O) groups excluding carboxylic acids is 2. The number of nitrogens with one attached hydrogen (secondary N) is 2. The molecule has 1 aromatic rings. The monoisotopic (exact) mass is 295 g/mol. The number of nitro groups is 1. The third-order valence-corrected chi connectivity index (χ3v) is 2.84. The van der Waals surface area contributed by atoms with Crippen molar-refractivity contribution in [1.82, 2.24) is 5.32 Å². The highest BCUT2D eigenvalue weighted by atomic mass is 16.6. The number of carbonyl (C=O) groups is 2. The zero-order valence-corrected chi connectivity index (χ0v) is 12.0. The molecule has 0 aromatic heterocycles. The standard InChI is InChI=1S/C13H17N3O5/c1-4-8(2)14-12(17)13(18)15-10-6-5-9(16(19)20)7-11(10)21-3/h5-8H,4H2,1-3H3,(H,14,17)(H,15,18). The summed E-state index contributed by atoms with van der Waals surface area (Å²) in [5.41, 5.74) is 0.0151. The molecule has 0 aliphatic carbocycles. The lowest BCUT2D eigenvalue weighted by molar-refractivity contribution is -0.384. The highest BCUT2D eigenvalue weighted by Gasteiger charge is 2.18. The molecule has 0 bridgehead atoms. The predicted molar refractivity (Wildman–Crippen MR) is 76.2 cm³/mol. The molecule has 2 N–H and O–H groups in total. The van der Waals surface area contributed by atoms with Crippen molar-refractivity contribution in [2.45, 2.75) is 26.3 Å². The average molecular weight is 295 g/mol. The average Bonchev–Trinajstić information content (AvgIpc) is 2.46. The summed E-state index contributed by atoms with van der Waals surface area (Å²) in [6.07, 6.45) is 0.694. The van der Waals surface area contributed by atoms with Gasteiger partial charge in [0.15, 0.2) is 0 Å². The summed E-state index contributed by atoms with van der Waals surface area (Å²) in [5, 5.41) is 15.5. The van der Waals surface area contributed by atoms with Gasteiger partial charge < -0.3 is 15.4 Å². The minimum absolute atomic E-state index is 0.105. The van der Waals surface area contributed by atoms with E-state index in [1.807, 2.05) is 6.92 Å². The van der Waals surface area contributed by atoms with E-state index in [-0.39, 0.29) is 23.2 Å². The maximum atomic E-state index is 11.7. The molecule has 0 saturated heterocycles. The molecule has 1 rings (SSSR count). The van der Waals surface area contributed by atoms with E-state index < -0.39 is 16.7 Å². The van der Waals surface area contributed by atoms with Crippen molar-refractivity contribution in [2.75, 3.05) is 12.4 Å². The van der Waals surface area contributed by atoms with Crippen molar-refractivity contribution < 1.29 is 19.2 Å². The maximum Gasteiger partial charge on any atom is 0.313 e. The van der Waals surface area contributed by atoms with Gasteiger partial charge >= 0.3 is 11.8 Å². The van der Waals surface area contributed by atoms with E-state index in [9.17, 15) is 19.7 Å². The van der Waals surface area contributed by atoms with Crippen LogP contribution in [0.4, 0.5) is 11.4 Å². The first-order valence-electron chi connectivity index (χ1n) is 6.33. The van der Waals surface area contributed by atoms with Gasteiger partial charge in [0.05, 0.1) is 23.8 Å². The normalized spacial score (nSPS) is 11.4. The number of hydrogen-bond donors (Lipinski definition) is 2. The van der Waals surface area contributed by atoms with Crippen LogP contribution in [-0.2, 0) is 9.59 Å². The van der Waals surface area contributed by atoms with Crippen LogP contribution in [0.15, 0.2) is 18.2 Å². The minimum atomic E-state index is -0.859. The molecule has 2 amide bonds. The fourth-order valence-corrected chi connectivity index (χ4v) is 1.47. The van der Waals surface area contributed by atoms with Crippen LogP contribution in [0.2, 0.25) is 0 Å². The molecule has 8 nitrogen and oxygen atoms in total. The Morgan fingerprint density at radius 1 is 1.38 bits per heavy atom. The third-order valence-electron chi connectivity index (χ3n) is 2.84. The molecule has 21 heavy (non-hydrogen) atoms. The van der Waals surface area contributed by atoms with Crippen LogP contribution in [0.1, 0.15) is 20.3 Å². The van der Waals surface area contributed by atoms with E-state index >= 15 is 0 Å². The SMILES string of the molecule is CCC(C)NC(=O)C(=O)Nc1ccc([N+](=O)[O-])cc1OC. The first-order chi connectivity index (χ1) is 9.88. The zero-order valence-electron chi connectivity index (χ0n) is 12.0. The molecular weight excluding hydrogens is 278 g/mol. The second kappa shape index (κ2) is 7.22. The molecule has 114 valence electrons. The number of nitro benzene ring substituents is 1. The number of ether oxygens (including phenoxy) is 1. The van der Waals surface area contributed by atoms with Crippen LogP contribution in [0.3, 0.4) is 0 Å². The Kier molecular flexibility index (Phi) is 5.65. The summed E-state index contributed by atoms with van der Waals surface area (Å²) >= 11 is 0. The lowest BCUT2D eigenvalue weighted by Gasteiger charge is -2.12. The number of non-ortho nitro benzene ring substituents is 1. The summed E-state index contributed by atoms with van der Waals surface area (Å²) in [7, 11) is 1.31. The summed E-state index contributed by atoms with van der Waals surface area (Å²) in [4.78, 5) is 33.4. The Morgan fingerprint density at radius 3 is 2.57 bits per heavy atom. The molecular formula is C13H17N3O5. The number of hydrogen-bond acceptors (Lipinski definition) is 5. The van der Waals surface area contributed by atoms with Gasteiger partial charge in [-0.15, -0.1) is 0 Å². The van der Waals surface area contributed by atoms with Gasteiger partial charge in [-0.2, -0.15) is 0 Å². The zero-order chi connectivity index (χ0) is 16.0. The van der Waals surface area contributed by atoms with E-state index in [0.717, 1.165) is 0 Å². The summed E-state index contributed by atoms with van der Waals surface area (Å²) < 4.78 is 4.97. The van der Waals surface area contributed by atoms with Gasteiger partial charge in [0.1, 0.15) is 5.75 Å². The molecule has 0 fully saturated rings. The van der Waals surface area contributed by atoms with Crippen LogP contribution in [0.25, 0.3) is 0 Å². The van der Waals surface area contributed by atoms with Crippen molar-refractivity contribution in [3.8, 4) is 5.75 Å². The summed E-state index contributed by atoms with van der Waals surface area (Å²) in [6, 6.07) is 3.57. The molecule has 0 aliphatic heterocycles. The smallest absolute Gasteiger partial charge is 0.313 e. The number of rotatable bonds is 5. The van der Waals surface area contributed by atoms with E-state index in [1.165, 1.54) is 25.3 Å². The lowest BCUT2D eigenvalue weighted by Crippen LogP contribution is -2.40. The third kappa shape index (κ3) is 4.44. The number of methoxy groups -OCH3 is 1. The number of amides is 2. The molecule has 1 aromatic carbocycles. The first-order valence-corrected chi connectivity index (χ1v) is 6.33. The Balaban J connectivity index is 2.85. The Morgan fingerprint density at radius 2 is 2.05 bits per heavy atom. The molecule has 0 heterocycles. The molecule has 0 saturated carbocycles. The van der Waals surface area contributed by atoms with Gasteiger partial charge in [-0.1, -0.05) is 6.92 Å². The fraction of sp³-hybridized carbons (Fsp3) is 0.385.